The predicted octanol–water partition coefficient (Wildman–Crippen LogP) is 9.82. The fourth-order valence-corrected chi connectivity index (χ4v) is 4.62. The van der Waals surface area contributed by atoms with Crippen molar-refractivity contribution in [2.75, 3.05) is 13.2 Å². The molecule has 214 valence electrons. The molecule has 4 heteroatoms. The highest BCUT2D eigenvalue weighted by atomic mass is 16.5. The number of carbonyl (C=O) groups excluding carboxylic acids is 2. The lowest BCUT2D eigenvalue weighted by molar-refractivity contribution is -0.145. The van der Waals surface area contributed by atoms with E-state index >= 15 is 0 Å². The summed E-state index contributed by atoms with van der Waals surface area (Å²) < 4.78 is 10.8. The van der Waals surface area contributed by atoms with Crippen LogP contribution in [0.3, 0.4) is 0 Å². The Morgan fingerprint density at radius 2 is 0.944 bits per heavy atom. The van der Waals surface area contributed by atoms with Crippen molar-refractivity contribution in [3.63, 3.8) is 0 Å². The van der Waals surface area contributed by atoms with Crippen molar-refractivity contribution in [2.45, 2.75) is 163 Å². The Hall–Kier alpha value is -1.06. The summed E-state index contributed by atoms with van der Waals surface area (Å²) in [5.74, 6) is 1.98. The highest BCUT2D eigenvalue weighted by molar-refractivity contribution is 5.69. The molecule has 0 aromatic heterocycles. The van der Waals surface area contributed by atoms with Crippen LogP contribution in [0.5, 0.6) is 0 Å². The molecule has 0 aromatic carbocycles. The lowest BCUT2D eigenvalue weighted by Crippen LogP contribution is -2.12. The second-order valence-corrected chi connectivity index (χ2v) is 11.8. The van der Waals surface area contributed by atoms with E-state index in [2.05, 4.69) is 34.6 Å². The van der Waals surface area contributed by atoms with Crippen molar-refractivity contribution >= 4 is 11.9 Å². The third-order valence-electron chi connectivity index (χ3n) is 7.15. The van der Waals surface area contributed by atoms with Gasteiger partial charge in [0.2, 0.25) is 0 Å². The van der Waals surface area contributed by atoms with E-state index in [1.54, 1.807) is 0 Å². The lowest BCUT2D eigenvalue weighted by Gasteiger charge is -2.14. The van der Waals surface area contributed by atoms with Crippen molar-refractivity contribution in [3.05, 3.63) is 0 Å². The number of hydrogen-bond donors (Lipinski definition) is 0. The Morgan fingerprint density at radius 3 is 1.44 bits per heavy atom. The summed E-state index contributed by atoms with van der Waals surface area (Å²) in [7, 11) is 0. The number of hydrogen-bond acceptors (Lipinski definition) is 4. The molecule has 0 fully saturated rings. The normalized spacial score (nSPS) is 12.3. The largest absolute Gasteiger partial charge is 0.466 e. The second kappa shape index (κ2) is 25.6. The number of esters is 2. The molecule has 4 nitrogen and oxygen atoms in total. The highest BCUT2D eigenvalue weighted by Crippen LogP contribution is 2.19. The summed E-state index contributed by atoms with van der Waals surface area (Å²) >= 11 is 0. The first-order valence-corrected chi connectivity index (χ1v) is 15.7. The van der Waals surface area contributed by atoms with Crippen molar-refractivity contribution in [2.24, 2.45) is 17.8 Å². The minimum absolute atomic E-state index is 0.00349. The maximum Gasteiger partial charge on any atom is 0.306 e. The smallest absolute Gasteiger partial charge is 0.306 e. The van der Waals surface area contributed by atoms with E-state index < -0.39 is 0 Å². The molecule has 0 radical (unpaired) electrons. The molecule has 0 rings (SSSR count). The Kier molecular flexibility index (Phi) is 24.8. The Labute approximate surface area is 225 Å². The Bertz CT molecular complexity index is 500. The molecule has 0 bridgehead atoms. The number of ether oxygens (including phenoxy) is 2. The van der Waals surface area contributed by atoms with Crippen LogP contribution in [0.4, 0.5) is 0 Å². The van der Waals surface area contributed by atoms with E-state index in [9.17, 15) is 9.59 Å². The van der Waals surface area contributed by atoms with E-state index in [1.807, 2.05) is 0 Å². The maximum atomic E-state index is 12.1. The van der Waals surface area contributed by atoms with Gasteiger partial charge < -0.3 is 9.47 Å². The van der Waals surface area contributed by atoms with Crippen molar-refractivity contribution in [3.8, 4) is 0 Å². The zero-order valence-electron chi connectivity index (χ0n) is 24.9. The maximum absolute atomic E-state index is 12.1. The molecule has 0 aliphatic carbocycles. The molecule has 0 aliphatic rings. The SMILES string of the molecule is CCC(CCCCCCCCCCC(=O)OCCCCCC(C)C)CC(=O)OCCCCCC(C)C. The van der Waals surface area contributed by atoms with E-state index in [-0.39, 0.29) is 11.9 Å². The van der Waals surface area contributed by atoms with Crippen LogP contribution in [-0.2, 0) is 19.1 Å². The predicted molar refractivity (Wildman–Crippen MR) is 153 cm³/mol. The van der Waals surface area contributed by atoms with Gasteiger partial charge in [0, 0.05) is 12.8 Å². The average molecular weight is 511 g/mol. The molecule has 0 aromatic rings. The van der Waals surface area contributed by atoms with Gasteiger partial charge in [0.15, 0.2) is 0 Å². The molecule has 0 saturated carbocycles. The van der Waals surface area contributed by atoms with Crippen LogP contribution in [0.25, 0.3) is 0 Å². The second-order valence-electron chi connectivity index (χ2n) is 11.8. The summed E-state index contributed by atoms with van der Waals surface area (Å²) in [6.07, 6.45) is 22.3. The minimum Gasteiger partial charge on any atom is -0.466 e. The van der Waals surface area contributed by atoms with Crippen molar-refractivity contribution < 1.29 is 19.1 Å². The Morgan fingerprint density at radius 1 is 0.528 bits per heavy atom. The molecule has 0 amide bonds. The molecule has 0 aliphatic heterocycles. The van der Waals surface area contributed by atoms with E-state index in [4.69, 9.17) is 9.47 Å². The number of carbonyl (C=O) groups is 2. The van der Waals surface area contributed by atoms with Gasteiger partial charge in [-0.3, -0.25) is 9.59 Å². The third kappa shape index (κ3) is 26.0. The van der Waals surface area contributed by atoms with E-state index in [0.29, 0.717) is 32.0 Å². The van der Waals surface area contributed by atoms with Crippen LogP contribution in [0.2, 0.25) is 0 Å². The third-order valence-corrected chi connectivity index (χ3v) is 7.15. The number of rotatable bonds is 26. The topological polar surface area (TPSA) is 52.6 Å². The first-order chi connectivity index (χ1) is 17.3. The van der Waals surface area contributed by atoms with Crippen LogP contribution >= 0.6 is 0 Å². The van der Waals surface area contributed by atoms with Gasteiger partial charge in [0.25, 0.3) is 0 Å². The molecule has 0 N–H and O–H groups in total. The fourth-order valence-electron chi connectivity index (χ4n) is 4.62. The summed E-state index contributed by atoms with van der Waals surface area (Å²) in [6.45, 7) is 12.4. The van der Waals surface area contributed by atoms with Crippen LogP contribution in [-0.4, -0.2) is 25.2 Å². The van der Waals surface area contributed by atoms with Gasteiger partial charge in [-0.15, -0.1) is 0 Å². The standard InChI is InChI=1S/C32H62O4/c1-6-30(27-32(34)36-26-20-14-16-22-29(4)5)23-17-11-9-7-8-10-12-18-24-31(33)35-25-19-13-15-21-28(2)3/h28-30H,6-27H2,1-5H3. The molecule has 0 spiro atoms. The molecule has 0 saturated heterocycles. The first-order valence-electron chi connectivity index (χ1n) is 15.7. The zero-order valence-corrected chi connectivity index (χ0v) is 24.9. The van der Waals surface area contributed by atoms with Gasteiger partial charge in [0.05, 0.1) is 13.2 Å². The van der Waals surface area contributed by atoms with Crippen LogP contribution < -0.4 is 0 Å². The van der Waals surface area contributed by atoms with Crippen LogP contribution in [0, 0.1) is 17.8 Å². The number of unbranched alkanes of at least 4 members (excludes halogenated alkanes) is 11. The quantitative estimate of drug-likeness (QED) is 0.0858. The van der Waals surface area contributed by atoms with Crippen molar-refractivity contribution in [1.82, 2.24) is 0 Å². The molecule has 0 heterocycles. The molecular formula is C32H62O4. The monoisotopic (exact) mass is 510 g/mol. The molecule has 1 unspecified atom stereocenters. The Balaban J connectivity index is 3.49. The van der Waals surface area contributed by atoms with Gasteiger partial charge >= 0.3 is 11.9 Å². The van der Waals surface area contributed by atoms with Gasteiger partial charge in [-0.25, -0.2) is 0 Å². The van der Waals surface area contributed by atoms with Gasteiger partial charge in [-0.2, -0.15) is 0 Å². The molecule has 36 heavy (non-hydrogen) atoms. The summed E-state index contributed by atoms with van der Waals surface area (Å²) in [5.41, 5.74) is 0. The van der Waals surface area contributed by atoms with E-state index in [0.717, 1.165) is 63.2 Å². The zero-order chi connectivity index (χ0) is 26.9. The van der Waals surface area contributed by atoms with Crippen LogP contribution in [0.15, 0.2) is 0 Å². The summed E-state index contributed by atoms with van der Waals surface area (Å²) in [4.78, 5) is 23.9. The van der Waals surface area contributed by atoms with Crippen molar-refractivity contribution in [1.29, 1.82) is 0 Å². The lowest BCUT2D eigenvalue weighted by atomic mass is 9.95. The summed E-state index contributed by atoms with van der Waals surface area (Å²) in [6, 6.07) is 0. The van der Waals surface area contributed by atoms with Gasteiger partial charge in [-0.1, -0.05) is 125 Å². The molecule has 1 atom stereocenters. The minimum atomic E-state index is -0.0187. The van der Waals surface area contributed by atoms with E-state index in [1.165, 1.54) is 64.2 Å². The van der Waals surface area contributed by atoms with Gasteiger partial charge in [-0.05, 0) is 43.4 Å². The fraction of sp³-hybridized carbons (Fsp3) is 0.938. The summed E-state index contributed by atoms with van der Waals surface area (Å²) in [5, 5.41) is 0. The van der Waals surface area contributed by atoms with Crippen LogP contribution in [0.1, 0.15) is 163 Å². The van der Waals surface area contributed by atoms with Gasteiger partial charge in [0.1, 0.15) is 0 Å². The molecular weight excluding hydrogens is 448 g/mol. The average Bonchev–Trinajstić information content (AvgIpc) is 2.83. The first kappa shape index (κ1) is 34.9. The highest BCUT2D eigenvalue weighted by Gasteiger charge is 2.13.